The molecular formula is C15H16N4OS. The highest BCUT2D eigenvalue weighted by Gasteiger charge is 2.11. The molecule has 2 aromatic heterocycles. The van der Waals surface area contributed by atoms with E-state index >= 15 is 0 Å². The number of ether oxygens (including phenoxy) is 1. The van der Waals surface area contributed by atoms with Gasteiger partial charge in [0.1, 0.15) is 11.6 Å². The number of benzene rings is 1. The number of methoxy groups -OCH3 is 1. The van der Waals surface area contributed by atoms with Crippen molar-refractivity contribution < 1.29 is 4.74 Å². The Morgan fingerprint density at radius 2 is 2.19 bits per heavy atom. The molecule has 6 heteroatoms. The van der Waals surface area contributed by atoms with E-state index in [-0.39, 0.29) is 0 Å². The summed E-state index contributed by atoms with van der Waals surface area (Å²) in [4.78, 5) is 14.3. The van der Waals surface area contributed by atoms with Gasteiger partial charge >= 0.3 is 0 Å². The van der Waals surface area contributed by atoms with Crippen molar-refractivity contribution in [3.63, 3.8) is 0 Å². The highest BCUT2D eigenvalue weighted by molar-refractivity contribution is 7.13. The number of anilines is 1. The third-order valence-electron chi connectivity index (χ3n) is 3.10. The van der Waals surface area contributed by atoms with Gasteiger partial charge in [-0.3, -0.25) is 4.98 Å². The van der Waals surface area contributed by atoms with Gasteiger partial charge in [0.2, 0.25) is 0 Å². The van der Waals surface area contributed by atoms with E-state index in [1.165, 1.54) is 11.3 Å². The van der Waals surface area contributed by atoms with Crippen LogP contribution in [0.1, 0.15) is 13.3 Å². The van der Waals surface area contributed by atoms with E-state index in [4.69, 9.17) is 4.74 Å². The van der Waals surface area contributed by atoms with Crippen LogP contribution < -0.4 is 10.1 Å². The van der Waals surface area contributed by atoms with Crippen LogP contribution >= 0.6 is 11.3 Å². The topological polar surface area (TPSA) is 59.9 Å². The minimum Gasteiger partial charge on any atom is -0.497 e. The Balaban J connectivity index is 2.16. The largest absolute Gasteiger partial charge is 0.497 e. The molecule has 3 aromatic rings. The lowest BCUT2D eigenvalue weighted by Crippen LogP contribution is -2.04. The summed E-state index contributed by atoms with van der Waals surface area (Å²) in [7, 11) is 1.66. The minimum atomic E-state index is 0.703. The van der Waals surface area contributed by atoms with Crippen LogP contribution in [0.4, 0.5) is 5.82 Å². The Morgan fingerprint density at radius 1 is 1.29 bits per heavy atom. The van der Waals surface area contributed by atoms with Gasteiger partial charge in [0.05, 0.1) is 23.0 Å². The van der Waals surface area contributed by atoms with Crippen molar-refractivity contribution in [2.75, 3.05) is 19.0 Å². The molecule has 2 heterocycles. The fourth-order valence-corrected chi connectivity index (χ4v) is 2.60. The summed E-state index contributed by atoms with van der Waals surface area (Å²) in [5, 5.41) is 4.34. The van der Waals surface area contributed by atoms with Crippen LogP contribution in [0.5, 0.6) is 5.75 Å². The van der Waals surface area contributed by atoms with E-state index in [1.54, 1.807) is 18.8 Å². The second-order valence-electron chi connectivity index (χ2n) is 4.57. The molecule has 0 aliphatic carbocycles. The summed E-state index contributed by atoms with van der Waals surface area (Å²) >= 11 is 1.54. The lowest BCUT2D eigenvalue weighted by Gasteiger charge is -2.10. The SMILES string of the molecule is CCCNc1nc(-c2cncs2)nc2ccc(OC)cc12. The summed E-state index contributed by atoms with van der Waals surface area (Å²) in [6.45, 7) is 2.99. The van der Waals surface area contributed by atoms with Crippen molar-refractivity contribution in [1.82, 2.24) is 15.0 Å². The number of hydrogen-bond acceptors (Lipinski definition) is 6. The predicted octanol–water partition coefficient (Wildman–Crippen LogP) is 3.58. The Hall–Kier alpha value is -2.21. The van der Waals surface area contributed by atoms with E-state index in [0.717, 1.165) is 40.3 Å². The van der Waals surface area contributed by atoms with Gasteiger partial charge in [-0.15, -0.1) is 11.3 Å². The average Bonchev–Trinajstić information content (AvgIpc) is 3.06. The smallest absolute Gasteiger partial charge is 0.173 e. The first-order valence-electron chi connectivity index (χ1n) is 6.80. The quantitative estimate of drug-likeness (QED) is 0.780. The maximum absolute atomic E-state index is 5.29. The molecule has 0 radical (unpaired) electrons. The van der Waals surface area contributed by atoms with Crippen LogP contribution in [0.15, 0.2) is 29.9 Å². The van der Waals surface area contributed by atoms with Gasteiger partial charge in [0.25, 0.3) is 0 Å². The molecule has 1 N–H and O–H groups in total. The summed E-state index contributed by atoms with van der Waals surface area (Å²) in [6, 6.07) is 5.83. The second kappa shape index (κ2) is 6.05. The van der Waals surface area contributed by atoms with E-state index in [9.17, 15) is 0 Å². The summed E-state index contributed by atoms with van der Waals surface area (Å²) < 4.78 is 5.29. The van der Waals surface area contributed by atoms with Gasteiger partial charge in [0.15, 0.2) is 5.82 Å². The van der Waals surface area contributed by atoms with E-state index in [0.29, 0.717) is 5.82 Å². The predicted molar refractivity (Wildman–Crippen MR) is 86.0 cm³/mol. The average molecular weight is 300 g/mol. The summed E-state index contributed by atoms with van der Waals surface area (Å²) in [6.07, 6.45) is 2.82. The Labute approximate surface area is 127 Å². The molecule has 0 amide bonds. The van der Waals surface area contributed by atoms with Crippen LogP contribution in [-0.2, 0) is 0 Å². The Morgan fingerprint density at radius 3 is 2.90 bits per heavy atom. The number of aromatic nitrogens is 3. The molecule has 0 saturated heterocycles. The maximum Gasteiger partial charge on any atom is 0.173 e. The third-order valence-corrected chi connectivity index (χ3v) is 3.87. The lowest BCUT2D eigenvalue weighted by atomic mass is 10.2. The van der Waals surface area contributed by atoms with Crippen LogP contribution in [-0.4, -0.2) is 28.6 Å². The van der Waals surface area contributed by atoms with E-state index in [2.05, 4.69) is 27.2 Å². The highest BCUT2D eigenvalue weighted by Crippen LogP contribution is 2.29. The molecule has 108 valence electrons. The van der Waals surface area contributed by atoms with E-state index < -0.39 is 0 Å². The van der Waals surface area contributed by atoms with Gasteiger partial charge in [-0.05, 0) is 24.6 Å². The monoisotopic (exact) mass is 300 g/mol. The minimum absolute atomic E-state index is 0.703. The highest BCUT2D eigenvalue weighted by atomic mass is 32.1. The van der Waals surface area contributed by atoms with Crippen molar-refractivity contribution in [2.24, 2.45) is 0 Å². The Kier molecular flexibility index (Phi) is 3.96. The van der Waals surface area contributed by atoms with Gasteiger partial charge in [0, 0.05) is 18.1 Å². The zero-order chi connectivity index (χ0) is 14.7. The first-order valence-corrected chi connectivity index (χ1v) is 7.68. The summed E-state index contributed by atoms with van der Waals surface area (Å²) in [5.41, 5.74) is 2.68. The summed E-state index contributed by atoms with van der Waals surface area (Å²) in [5.74, 6) is 2.34. The lowest BCUT2D eigenvalue weighted by molar-refractivity contribution is 0.415. The van der Waals surface area contributed by atoms with Gasteiger partial charge in [-0.25, -0.2) is 9.97 Å². The van der Waals surface area contributed by atoms with Gasteiger partial charge in [-0.2, -0.15) is 0 Å². The standard InChI is InChI=1S/C15H16N4OS/c1-3-6-17-14-11-7-10(20-2)4-5-12(11)18-15(19-14)13-8-16-9-21-13/h4-5,7-9H,3,6H2,1-2H3,(H,17,18,19). The number of nitrogens with zero attached hydrogens (tertiary/aromatic N) is 3. The maximum atomic E-state index is 5.29. The molecule has 1 aromatic carbocycles. The van der Waals surface area contributed by atoms with Crippen molar-refractivity contribution >= 4 is 28.1 Å². The van der Waals surface area contributed by atoms with Crippen LogP contribution in [0.25, 0.3) is 21.6 Å². The first kappa shape index (κ1) is 13.8. The molecule has 0 aliphatic heterocycles. The van der Waals surface area contributed by atoms with Crippen LogP contribution in [0.2, 0.25) is 0 Å². The molecular weight excluding hydrogens is 284 g/mol. The number of thiazole rings is 1. The number of nitrogens with one attached hydrogen (secondary N) is 1. The second-order valence-corrected chi connectivity index (χ2v) is 5.46. The molecule has 0 aliphatic rings. The molecule has 5 nitrogen and oxygen atoms in total. The fraction of sp³-hybridized carbons (Fsp3) is 0.267. The molecule has 0 spiro atoms. The number of rotatable bonds is 5. The molecule has 0 fully saturated rings. The van der Waals surface area contributed by atoms with Crippen molar-refractivity contribution in [1.29, 1.82) is 0 Å². The van der Waals surface area contributed by atoms with E-state index in [1.807, 2.05) is 18.2 Å². The molecule has 0 unspecified atom stereocenters. The molecule has 21 heavy (non-hydrogen) atoms. The molecule has 3 rings (SSSR count). The fourth-order valence-electron chi connectivity index (χ4n) is 2.05. The third kappa shape index (κ3) is 2.80. The molecule has 0 bridgehead atoms. The van der Waals surface area contributed by atoms with Crippen LogP contribution in [0, 0.1) is 0 Å². The Bertz CT molecular complexity index is 743. The molecule has 0 saturated carbocycles. The van der Waals surface area contributed by atoms with Gasteiger partial charge in [-0.1, -0.05) is 6.92 Å². The number of fused-ring (bicyclic) bond motifs is 1. The molecule has 0 atom stereocenters. The number of hydrogen-bond donors (Lipinski definition) is 1. The normalized spacial score (nSPS) is 10.8. The van der Waals surface area contributed by atoms with Crippen LogP contribution in [0.3, 0.4) is 0 Å². The zero-order valence-electron chi connectivity index (χ0n) is 12.0. The first-order chi connectivity index (χ1) is 10.3. The zero-order valence-corrected chi connectivity index (χ0v) is 12.8. The van der Waals surface area contributed by atoms with Crippen molar-refractivity contribution in [3.05, 3.63) is 29.9 Å². The van der Waals surface area contributed by atoms with Gasteiger partial charge < -0.3 is 10.1 Å². The van der Waals surface area contributed by atoms with Crippen molar-refractivity contribution in [2.45, 2.75) is 13.3 Å². The van der Waals surface area contributed by atoms with Crippen molar-refractivity contribution in [3.8, 4) is 16.5 Å².